The van der Waals surface area contributed by atoms with E-state index in [1.54, 1.807) is 0 Å². The first-order valence-electron chi connectivity index (χ1n) is 8.69. The summed E-state index contributed by atoms with van der Waals surface area (Å²) in [7, 11) is 0. The van der Waals surface area contributed by atoms with E-state index in [4.69, 9.17) is 10.5 Å². The Labute approximate surface area is 147 Å². The number of rotatable bonds is 6. The second kappa shape index (κ2) is 7.65. The molecule has 0 bridgehead atoms. The van der Waals surface area contributed by atoms with E-state index in [9.17, 15) is 4.79 Å². The quantitative estimate of drug-likeness (QED) is 0.835. The van der Waals surface area contributed by atoms with Gasteiger partial charge in [0, 0.05) is 25.2 Å². The molecule has 1 aliphatic heterocycles. The van der Waals surface area contributed by atoms with Gasteiger partial charge in [0.15, 0.2) is 5.69 Å². The van der Waals surface area contributed by atoms with E-state index in [1.807, 2.05) is 24.3 Å². The molecule has 1 amide bonds. The number of primary amides is 1. The maximum absolute atomic E-state index is 11.3. The Morgan fingerprint density at radius 3 is 2.56 bits per heavy atom. The van der Waals surface area contributed by atoms with E-state index in [0.717, 1.165) is 42.8 Å². The summed E-state index contributed by atoms with van der Waals surface area (Å²) in [5.41, 5.74) is 6.66. The van der Waals surface area contributed by atoms with E-state index in [1.165, 1.54) is 6.42 Å². The second-order valence-electron chi connectivity index (χ2n) is 6.96. The number of ether oxygens (including phenoxy) is 1. The Balaban J connectivity index is 1.54. The number of piperidine rings is 1. The number of carbonyl (C=O) groups excluding carboxylic acids is 1. The highest BCUT2D eigenvalue weighted by Crippen LogP contribution is 2.23. The maximum atomic E-state index is 11.3. The van der Waals surface area contributed by atoms with Crippen molar-refractivity contribution in [1.29, 1.82) is 0 Å². The molecule has 7 nitrogen and oxygen atoms in total. The van der Waals surface area contributed by atoms with Crippen molar-refractivity contribution in [2.45, 2.75) is 20.3 Å². The zero-order chi connectivity index (χ0) is 17.8. The molecule has 25 heavy (non-hydrogen) atoms. The Morgan fingerprint density at radius 2 is 1.92 bits per heavy atom. The van der Waals surface area contributed by atoms with Crippen molar-refractivity contribution in [3.8, 4) is 17.0 Å². The molecular weight excluding hydrogens is 318 g/mol. The summed E-state index contributed by atoms with van der Waals surface area (Å²) in [5, 5.41) is 10.2. The summed E-state index contributed by atoms with van der Waals surface area (Å²) in [6.07, 6.45) is 1.31. The van der Waals surface area contributed by atoms with Crippen LogP contribution in [0.5, 0.6) is 5.75 Å². The van der Waals surface area contributed by atoms with E-state index >= 15 is 0 Å². The topological polar surface area (TPSA) is 97.1 Å². The Hall–Kier alpha value is -2.41. The van der Waals surface area contributed by atoms with Crippen LogP contribution in [0, 0.1) is 11.8 Å². The number of likely N-dealkylation sites (tertiary alicyclic amines) is 1. The highest BCUT2D eigenvalue weighted by Gasteiger charge is 2.21. The minimum absolute atomic E-state index is 0.141. The van der Waals surface area contributed by atoms with Gasteiger partial charge in [0.1, 0.15) is 18.1 Å². The number of benzene rings is 1. The number of nitrogens with one attached hydrogen (secondary N) is 1. The molecule has 1 saturated heterocycles. The lowest BCUT2D eigenvalue weighted by Gasteiger charge is -2.34. The summed E-state index contributed by atoms with van der Waals surface area (Å²) in [4.78, 5) is 13.8. The minimum Gasteiger partial charge on any atom is -0.492 e. The van der Waals surface area contributed by atoms with Crippen LogP contribution >= 0.6 is 0 Å². The SMILES string of the molecule is CC1CC(C)CN(CCOc2ccc(-c3n[nH]nc3C(N)=O)cc2)C1. The Morgan fingerprint density at radius 1 is 1.24 bits per heavy atom. The van der Waals surface area contributed by atoms with E-state index < -0.39 is 5.91 Å². The first kappa shape index (κ1) is 17.4. The van der Waals surface area contributed by atoms with E-state index in [-0.39, 0.29) is 5.69 Å². The standard InChI is InChI=1S/C18H25N5O2/c1-12-9-13(2)11-23(10-12)7-8-25-15-5-3-14(4-6-15)16-17(18(19)24)21-22-20-16/h3-6,12-13H,7-11H2,1-2H3,(H2,19,24)(H,20,21,22). The largest absolute Gasteiger partial charge is 0.492 e. The van der Waals surface area contributed by atoms with Crippen molar-refractivity contribution in [1.82, 2.24) is 20.3 Å². The van der Waals surface area contributed by atoms with Gasteiger partial charge in [-0.25, -0.2) is 0 Å². The predicted molar refractivity (Wildman–Crippen MR) is 95.2 cm³/mol. The van der Waals surface area contributed by atoms with Crippen LogP contribution in [0.1, 0.15) is 30.8 Å². The molecule has 7 heteroatoms. The van der Waals surface area contributed by atoms with Crippen LogP contribution in [-0.2, 0) is 0 Å². The number of hydrogen-bond acceptors (Lipinski definition) is 5. The van der Waals surface area contributed by atoms with Gasteiger partial charge in [0.2, 0.25) is 0 Å². The van der Waals surface area contributed by atoms with Gasteiger partial charge in [-0.1, -0.05) is 13.8 Å². The number of nitrogens with two attached hydrogens (primary N) is 1. The molecule has 0 spiro atoms. The van der Waals surface area contributed by atoms with Crippen molar-refractivity contribution < 1.29 is 9.53 Å². The summed E-state index contributed by atoms with van der Waals surface area (Å²) < 4.78 is 5.85. The number of aromatic nitrogens is 3. The smallest absolute Gasteiger partial charge is 0.271 e. The number of H-pyrrole nitrogens is 1. The Bertz CT molecular complexity index is 703. The van der Waals surface area contributed by atoms with Crippen LogP contribution in [-0.4, -0.2) is 52.5 Å². The number of carbonyl (C=O) groups is 1. The molecule has 134 valence electrons. The first-order valence-corrected chi connectivity index (χ1v) is 8.69. The van der Waals surface area contributed by atoms with Crippen molar-refractivity contribution in [3.05, 3.63) is 30.0 Å². The zero-order valence-electron chi connectivity index (χ0n) is 14.7. The fraction of sp³-hybridized carbons (Fsp3) is 0.500. The lowest BCUT2D eigenvalue weighted by atomic mass is 9.92. The van der Waals surface area contributed by atoms with Gasteiger partial charge in [0.05, 0.1) is 0 Å². The lowest BCUT2D eigenvalue weighted by molar-refractivity contribution is 0.0996. The van der Waals surface area contributed by atoms with Crippen molar-refractivity contribution in [2.75, 3.05) is 26.2 Å². The third-order valence-electron chi connectivity index (χ3n) is 4.53. The summed E-state index contributed by atoms with van der Waals surface area (Å²) in [6, 6.07) is 7.45. The molecule has 2 unspecified atom stereocenters. The van der Waals surface area contributed by atoms with Crippen LogP contribution in [0.3, 0.4) is 0 Å². The molecule has 1 aliphatic rings. The molecule has 2 heterocycles. The number of nitrogens with zero attached hydrogens (tertiary/aromatic N) is 3. The predicted octanol–water partition coefficient (Wildman–Crippen LogP) is 1.93. The molecule has 0 radical (unpaired) electrons. The molecule has 2 aromatic rings. The molecule has 1 aromatic heterocycles. The van der Waals surface area contributed by atoms with Crippen LogP contribution in [0.2, 0.25) is 0 Å². The second-order valence-corrected chi connectivity index (χ2v) is 6.96. The molecule has 3 rings (SSSR count). The van der Waals surface area contributed by atoms with Gasteiger partial charge in [-0.3, -0.25) is 9.69 Å². The third-order valence-corrected chi connectivity index (χ3v) is 4.53. The molecular formula is C18H25N5O2. The highest BCUT2D eigenvalue weighted by molar-refractivity contribution is 5.96. The summed E-state index contributed by atoms with van der Waals surface area (Å²) in [6.45, 7) is 8.52. The van der Waals surface area contributed by atoms with Gasteiger partial charge < -0.3 is 10.5 Å². The molecule has 0 saturated carbocycles. The molecule has 1 aromatic carbocycles. The Kier molecular flexibility index (Phi) is 5.33. The fourth-order valence-electron chi connectivity index (χ4n) is 3.58. The van der Waals surface area contributed by atoms with Crippen LogP contribution in [0.25, 0.3) is 11.3 Å². The van der Waals surface area contributed by atoms with E-state index in [0.29, 0.717) is 12.3 Å². The van der Waals surface area contributed by atoms with Crippen molar-refractivity contribution in [3.63, 3.8) is 0 Å². The number of amides is 1. The molecule has 2 atom stereocenters. The van der Waals surface area contributed by atoms with Crippen LogP contribution in [0.4, 0.5) is 0 Å². The first-order chi connectivity index (χ1) is 12.0. The summed E-state index contributed by atoms with van der Waals surface area (Å²) in [5.74, 6) is 1.70. The van der Waals surface area contributed by atoms with Crippen molar-refractivity contribution >= 4 is 5.91 Å². The number of hydrogen-bond donors (Lipinski definition) is 2. The van der Waals surface area contributed by atoms with Gasteiger partial charge >= 0.3 is 0 Å². The molecule has 3 N–H and O–H groups in total. The molecule has 1 fully saturated rings. The average Bonchev–Trinajstić information content (AvgIpc) is 3.04. The van der Waals surface area contributed by atoms with Gasteiger partial charge in [-0.05, 0) is 42.5 Å². The van der Waals surface area contributed by atoms with Crippen LogP contribution < -0.4 is 10.5 Å². The van der Waals surface area contributed by atoms with Gasteiger partial charge in [-0.2, -0.15) is 15.4 Å². The maximum Gasteiger partial charge on any atom is 0.271 e. The third kappa shape index (κ3) is 4.36. The zero-order valence-corrected chi connectivity index (χ0v) is 14.7. The number of aromatic amines is 1. The van der Waals surface area contributed by atoms with Crippen molar-refractivity contribution in [2.24, 2.45) is 17.6 Å². The lowest BCUT2D eigenvalue weighted by Crippen LogP contribution is -2.40. The highest BCUT2D eigenvalue weighted by atomic mass is 16.5. The van der Waals surface area contributed by atoms with Gasteiger partial charge in [0.25, 0.3) is 5.91 Å². The minimum atomic E-state index is -0.603. The summed E-state index contributed by atoms with van der Waals surface area (Å²) >= 11 is 0. The van der Waals surface area contributed by atoms with E-state index in [2.05, 4.69) is 34.2 Å². The monoisotopic (exact) mass is 343 g/mol. The van der Waals surface area contributed by atoms with Crippen LogP contribution in [0.15, 0.2) is 24.3 Å². The molecule has 0 aliphatic carbocycles. The van der Waals surface area contributed by atoms with Gasteiger partial charge in [-0.15, -0.1) is 0 Å². The normalized spacial score (nSPS) is 21.2. The average molecular weight is 343 g/mol. The fourth-order valence-corrected chi connectivity index (χ4v) is 3.58.